The van der Waals surface area contributed by atoms with Crippen LogP contribution >= 0.6 is 0 Å². The quantitative estimate of drug-likeness (QED) is 0.455. The SMILES string of the molecule is C=C1CN(c2c(C#N)cnc3cc(OCC4CC4)ccc23)CC[C@@H]1C(=O)N1CCn2c(nnc2C(F)(F)F)C1. The number of fused-ring (bicyclic) bond motifs is 2. The number of halogens is 3. The lowest BCUT2D eigenvalue weighted by atomic mass is 9.89. The number of anilines is 1. The van der Waals surface area contributed by atoms with Gasteiger partial charge in [0.1, 0.15) is 11.8 Å². The van der Waals surface area contributed by atoms with Crippen LogP contribution in [0.2, 0.25) is 0 Å². The van der Waals surface area contributed by atoms with E-state index in [0.29, 0.717) is 43.2 Å². The Morgan fingerprint density at radius 2 is 1.97 bits per heavy atom. The van der Waals surface area contributed by atoms with Crippen molar-refractivity contribution >= 4 is 22.5 Å². The predicted molar refractivity (Wildman–Crippen MR) is 135 cm³/mol. The number of hydrogen-bond donors (Lipinski definition) is 0. The molecule has 39 heavy (non-hydrogen) atoms. The molecule has 3 aliphatic rings. The van der Waals surface area contributed by atoms with Crippen molar-refractivity contribution in [1.29, 1.82) is 5.26 Å². The van der Waals surface area contributed by atoms with Crippen LogP contribution < -0.4 is 9.64 Å². The summed E-state index contributed by atoms with van der Waals surface area (Å²) in [7, 11) is 0. The molecular formula is C27H26F3N7O2. The zero-order valence-electron chi connectivity index (χ0n) is 21.1. The second-order valence-electron chi connectivity index (χ2n) is 10.3. The Bertz CT molecular complexity index is 1510. The summed E-state index contributed by atoms with van der Waals surface area (Å²) in [6.45, 7) is 5.82. The lowest BCUT2D eigenvalue weighted by Gasteiger charge is -2.38. The van der Waals surface area contributed by atoms with Crippen LogP contribution in [0.4, 0.5) is 18.9 Å². The van der Waals surface area contributed by atoms with Gasteiger partial charge in [0.15, 0.2) is 5.82 Å². The standard InChI is InChI=1S/C27H26F3N7O2/c1-16-13-35(24-18(11-31)12-32-22-10-19(4-5-21(22)24)39-15-17-2-3-17)7-6-20(16)25(38)36-8-9-37-23(14-36)33-34-26(37)27(28,29)30/h4-5,10,12,17,20H,1-3,6-9,13-15H2/t20-/m0/s1. The van der Waals surface area contributed by atoms with Crippen molar-refractivity contribution in [2.45, 2.75) is 38.5 Å². The summed E-state index contributed by atoms with van der Waals surface area (Å²) in [5, 5.41) is 17.6. The second-order valence-corrected chi connectivity index (χ2v) is 10.3. The second kappa shape index (κ2) is 9.55. The molecule has 0 spiro atoms. The molecule has 1 atom stereocenters. The van der Waals surface area contributed by atoms with Gasteiger partial charge in [-0.1, -0.05) is 6.58 Å². The van der Waals surface area contributed by atoms with Crippen molar-refractivity contribution < 1.29 is 22.7 Å². The molecular weight excluding hydrogens is 511 g/mol. The van der Waals surface area contributed by atoms with Gasteiger partial charge in [0.05, 0.1) is 35.8 Å². The molecule has 12 heteroatoms. The Balaban J connectivity index is 1.18. The lowest BCUT2D eigenvalue weighted by Crippen LogP contribution is -2.46. The topological polar surface area (TPSA) is 100 Å². The molecule has 1 amide bonds. The molecule has 2 aliphatic heterocycles. The van der Waals surface area contributed by atoms with Crippen molar-refractivity contribution in [1.82, 2.24) is 24.6 Å². The predicted octanol–water partition coefficient (Wildman–Crippen LogP) is 3.93. The lowest BCUT2D eigenvalue weighted by molar-refractivity contribution is -0.148. The third-order valence-corrected chi connectivity index (χ3v) is 7.62. The molecule has 1 aliphatic carbocycles. The number of piperidine rings is 1. The van der Waals surface area contributed by atoms with Crippen LogP contribution in [0.5, 0.6) is 5.75 Å². The van der Waals surface area contributed by atoms with Gasteiger partial charge in [0.2, 0.25) is 11.7 Å². The van der Waals surface area contributed by atoms with Gasteiger partial charge < -0.3 is 19.1 Å². The molecule has 4 heterocycles. The monoisotopic (exact) mass is 537 g/mol. The van der Waals surface area contributed by atoms with Gasteiger partial charge in [-0.05, 0) is 42.9 Å². The number of amides is 1. The molecule has 9 nitrogen and oxygen atoms in total. The summed E-state index contributed by atoms with van der Waals surface area (Å²) in [5.41, 5.74) is 2.58. The van der Waals surface area contributed by atoms with Gasteiger partial charge in [0, 0.05) is 43.8 Å². The Morgan fingerprint density at radius 3 is 2.69 bits per heavy atom. The van der Waals surface area contributed by atoms with Crippen LogP contribution in [0.15, 0.2) is 36.5 Å². The number of pyridine rings is 1. The van der Waals surface area contributed by atoms with E-state index in [2.05, 4.69) is 27.8 Å². The van der Waals surface area contributed by atoms with Gasteiger partial charge >= 0.3 is 6.18 Å². The van der Waals surface area contributed by atoms with Crippen LogP contribution in [0.1, 0.15) is 36.5 Å². The van der Waals surface area contributed by atoms with Gasteiger partial charge in [-0.15, -0.1) is 10.2 Å². The third-order valence-electron chi connectivity index (χ3n) is 7.62. The van der Waals surface area contributed by atoms with Crippen molar-refractivity contribution in [3.8, 4) is 11.8 Å². The molecule has 1 saturated carbocycles. The van der Waals surface area contributed by atoms with E-state index >= 15 is 0 Å². The minimum atomic E-state index is -4.59. The number of aromatic nitrogens is 4. The number of ether oxygens (including phenoxy) is 1. The van der Waals surface area contributed by atoms with Crippen LogP contribution in [0.3, 0.4) is 0 Å². The number of alkyl halides is 3. The first-order valence-electron chi connectivity index (χ1n) is 12.9. The van der Waals surface area contributed by atoms with Crippen molar-refractivity contribution in [3.05, 3.63) is 53.8 Å². The maximum absolute atomic E-state index is 13.4. The van der Waals surface area contributed by atoms with E-state index in [1.54, 1.807) is 6.20 Å². The molecule has 0 radical (unpaired) electrons. The molecule has 0 unspecified atom stereocenters. The number of nitrogens with zero attached hydrogens (tertiary/aromatic N) is 7. The van der Waals surface area contributed by atoms with Crippen LogP contribution in [0, 0.1) is 23.2 Å². The largest absolute Gasteiger partial charge is 0.493 e. The summed E-state index contributed by atoms with van der Waals surface area (Å²) in [4.78, 5) is 21.4. The molecule has 2 fully saturated rings. The number of hydrogen-bond acceptors (Lipinski definition) is 7. The molecule has 0 N–H and O–H groups in total. The molecule has 6 rings (SSSR count). The number of carbonyl (C=O) groups excluding carboxylic acids is 1. The summed E-state index contributed by atoms with van der Waals surface area (Å²) >= 11 is 0. The molecule has 1 saturated heterocycles. The van der Waals surface area contributed by atoms with Crippen molar-refractivity contribution in [2.24, 2.45) is 11.8 Å². The van der Waals surface area contributed by atoms with E-state index < -0.39 is 17.9 Å². The van der Waals surface area contributed by atoms with E-state index in [9.17, 15) is 23.2 Å². The zero-order chi connectivity index (χ0) is 27.3. The number of carbonyl (C=O) groups is 1. The Morgan fingerprint density at radius 1 is 1.15 bits per heavy atom. The van der Waals surface area contributed by atoms with E-state index in [1.807, 2.05) is 23.1 Å². The fraction of sp³-hybridized carbons (Fsp3) is 0.444. The highest BCUT2D eigenvalue weighted by Crippen LogP contribution is 2.37. The van der Waals surface area contributed by atoms with Gasteiger partial charge in [-0.3, -0.25) is 9.78 Å². The Labute approximate surface area is 222 Å². The molecule has 202 valence electrons. The summed E-state index contributed by atoms with van der Waals surface area (Å²) in [5.74, 6) is -0.208. The van der Waals surface area contributed by atoms with Gasteiger partial charge in [-0.25, -0.2) is 0 Å². The van der Waals surface area contributed by atoms with Crippen LogP contribution in [-0.4, -0.2) is 56.8 Å². The van der Waals surface area contributed by atoms with Crippen molar-refractivity contribution in [2.75, 3.05) is 31.1 Å². The fourth-order valence-corrected chi connectivity index (χ4v) is 5.36. The van der Waals surface area contributed by atoms with Crippen LogP contribution in [0.25, 0.3) is 10.9 Å². The highest BCUT2D eigenvalue weighted by atomic mass is 19.4. The smallest absolute Gasteiger partial charge is 0.451 e. The minimum absolute atomic E-state index is 0.0187. The number of benzene rings is 1. The highest BCUT2D eigenvalue weighted by Gasteiger charge is 2.41. The fourth-order valence-electron chi connectivity index (χ4n) is 5.36. The van der Waals surface area contributed by atoms with Crippen LogP contribution in [-0.2, 0) is 24.1 Å². The van der Waals surface area contributed by atoms with E-state index in [0.717, 1.165) is 26.9 Å². The zero-order valence-corrected chi connectivity index (χ0v) is 21.1. The molecule has 3 aromatic rings. The highest BCUT2D eigenvalue weighted by molar-refractivity contribution is 5.95. The van der Waals surface area contributed by atoms with E-state index in [1.165, 1.54) is 17.7 Å². The summed E-state index contributed by atoms with van der Waals surface area (Å²) in [6.07, 6.45) is -0.180. The van der Waals surface area contributed by atoms with Crippen molar-refractivity contribution in [3.63, 3.8) is 0 Å². The van der Waals surface area contributed by atoms with E-state index in [4.69, 9.17) is 4.74 Å². The normalized spacial score (nSPS) is 19.6. The average Bonchev–Trinajstić information content (AvgIpc) is 3.65. The number of nitriles is 1. The average molecular weight is 538 g/mol. The first-order valence-corrected chi connectivity index (χ1v) is 12.9. The Kier molecular flexibility index (Phi) is 6.16. The van der Waals surface area contributed by atoms with Gasteiger partial charge in [0.25, 0.3) is 0 Å². The maximum Gasteiger partial charge on any atom is 0.451 e. The van der Waals surface area contributed by atoms with Gasteiger partial charge in [-0.2, -0.15) is 18.4 Å². The molecule has 2 aromatic heterocycles. The molecule has 0 bridgehead atoms. The minimum Gasteiger partial charge on any atom is -0.493 e. The molecule has 1 aromatic carbocycles. The van der Waals surface area contributed by atoms with E-state index in [-0.39, 0.29) is 31.4 Å². The first-order chi connectivity index (χ1) is 18.7. The third kappa shape index (κ3) is 4.77. The Hall–Kier alpha value is -4.14. The first kappa shape index (κ1) is 25.2. The summed E-state index contributed by atoms with van der Waals surface area (Å²) in [6, 6.07) is 7.92. The maximum atomic E-state index is 13.4. The number of rotatable bonds is 5. The summed E-state index contributed by atoms with van der Waals surface area (Å²) < 4.78 is 46.4.